The Bertz CT molecular complexity index is 1420. The molecule has 2 amide bonds. The van der Waals surface area contributed by atoms with Crippen molar-refractivity contribution in [2.45, 2.75) is 6.92 Å². The summed E-state index contributed by atoms with van der Waals surface area (Å²) in [6.07, 6.45) is 1.67. The van der Waals surface area contributed by atoms with Gasteiger partial charge in [0.1, 0.15) is 5.82 Å². The lowest BCUT2D eigenvalue weighted by molar-refractivity contribution is -0.118. The summed E-state index contributed by atoms with van der Waals surface area (Å²) in [6, 6.07) is 15.9. The van der Waals surface area contributed by atoms with Crippen molar-refractivity contribution in [2.24, 2.45) is 0 Å². The van der Waals surface area contributed by atoms with Gasteiger partial charge in [0.15, 0.2) is 22.4 Å². The van der Waals surface area contributed by atoms with Crippen molar-refractivity contribution in [3.8, 4) is 11.5 Å². The van der Waals surface area contributed by atoms with Crippen LogP contribution in [0.1, 0.15) is 12.5 Å². The van der Waals surface area contributed by atoms with Crippen molar-refractivity contribution in [1.29, 1.82) is 0 Å². The summed E-state index contributed by atoms with van der Waals surface area (Å²) in [5.41, 5.74) is 1.60. The van der Waals surface area contributed by atoms with E-state index >= 15 is 0 Å². The Morgan fingerprint density at radius 1 is 1.11 bits per heavy atom. The van der Waals surface area contributed by atoms with Gasteiger partial charge in [0, 0.05) is 10.7 Å². The fourth-order valence-corrected chi connectivity index (χ4v) is 5.04. The van der Waals surface area contributed by atoms with Gasteiger partial charge in [-0.25, -0.2) is 4.39 Å². The first kappa shape index (κ1) is 26.9. The van der Waals surface area contributed by atoms with E-state index in [2.05, 4.69) is 5.32 Å². The summed E-state index contributed by atoms with van der Waals surface area (Å²) >= 11 is 18.3. The van der Waals surface area contributed by atoms with Gasteiger partial charge in [-0.3, -0.25) is 14.5 Å². The first-order valence-corrected chi connectivity index (χ1v) is 12.9. The van der Waals surface area contributed by atoms with Crippen LogP contribution in [0.4, 0.5) is 15.8 Å². The quantitative estimate of drug-likeness (QED) is 0.231. The molecule has 0 bridgehead atoms. The largest absolute Gasteiger partial charge is 0.490 e. The van der Waals surface area contributed by atoms with Crippen molar-refractivity contribution in [2.75, 3.05) is 23.4 Å². The van der Waals surface area contributed by atoms with Gasteiger partial charge in [-0.1, -0.05) is 59.3 Å². The number of halogens is 3. The molecule has 11 heteroatoms. The molecule has 37 heavy (non-hydrogen) atoms. The number of hydrogen-bond donors (Lipinski definition) is 1. The number of amides is 2. The first-order valence-electron chi connectivity index (χ1n) is 10.9. The van der Waals surface area contributed by atoms with Crippen molar-refractivity contribution >= 4 is 80.8 Å². The number of benzene rings is 3. The zero-order valence-electron chi connectivity index (χ0n) is 19.3. The summed E-state index contributed by atoms with van der Waals surface area (Å²) in [5, 5.41) is 3.12. The normalized spacial score (nSPS) is 14.3. The van der Waals surface area contributed by atoms with E-state index in [-0.39, 0.29) is 23.4 Å². The van der Waals surface area contributed by atoms with Gasteiger partial charge in [0.05, 0.1) is 22.2 Å². The number of thioether (sulfide) groups is 1. The fourth-order valence-electron chi connectivity index (χ4n) is 3.37. The second kappa shape index (κ2) is 12.0. The van der Waals surface area contributed by atoms with E-state index in [1.165, 1.54) is 23.1 Å². The molecule has 6 nitrogen and oxygen atoms in total. The highest BCUT2D eigenvalue weighted by atomic mass is 35.5. The number of carbonyl (C=O) groups is 2. The molecule has 4 rings (SSSR count). The van der Waals surface area contributed by atoms with Gasteiger partial charge in [0.2, 0.25) is 0 Å². The number of hydrogen-bond acceptors (Lipinski definition) is 6. The minimum absolute atomic E-state index is 0.103. The standard InChI is InChI=1S/C26H19Cl2FN2O4S2/c1-2-34-22-10-15(6-9-21(22)35-14-24(32)30-17-5-3-4-16(27)12-17)11-23-25(33)31(26(36)37-23)18-7-8-20(29)19(28)13-18/h3-13H,2,14H2,1H3,(H,30,32)/b23-11+. The molecule has 1 saturated heterocycles. The predicted octanol–water partition coefficient (Wildman–Crippen LogP) is 6.95. The molecule has 1 aliphatic heterocycles. The molecular formula is C26H19Cl2FN2O4S2. The number of carbonyl (C=O) groups excluding carboxylic acids is 2. The van der Waals surface area contributed by atoms with E-state index in [0.717, 1.165) is 11.8 Å². The molecule has 0 saturated carbocycles. The van der Waals surface area contributed by atoms with Crippen LogP contribution in [-0.2, 0) is 9.59 Å². The van der Waals surface area contributed by atoms with Gasteiger partial charge in [-0.15, -0.1) is 0 Å². The number of rotatable bonds is 8. The van der Waals surface area contributed by atoms with E-state index < -0.39 is 5.82 Å². The average molecular weight is 577 g/mol. The lowest BCUT2D eigenvalue weighted by atomic mass is 10.1. The highest BCUT2D eigenvalue weighted by molar-refractivity contribution is 8.27. The number of ether oxygens (including phenoxy) is 2. The Hall–Kier alpha value is -3.11. The third kappa shape index (κ3) is 6.61. The zero-order chi connectivity index (χ0) is 26.5. The summed E-state index contributed by atoms with van der Waals surface area (Å²) in [5.74, 6) is -0.521. The number of anilines is 2. The van der Waals surface area contributed by atoms with Crippen LogP contribution in [0.5, 0.6) is 11.5 Å². The van der Waals surface area contributed by atoms with Gasteiger partial charge < -0.3 is 14.8 Å². The molecule has 0 aliphatic carbocycles. The molecule has 0 radical (unpaired) electrons. The Labute approximate surface area is 232 Å². The number of nitrogens with one attached hydrogen (secondary N) is 1. The molecule has 3 aromatic carbocycles. The maximum absolute atomic E-state index is 13.6. The van der Waals surface area contributed by atoms with Crippen molar-refractivity contribution in [1.82, 2.24) is 0 Å². The Balaban J connectivity index is 1.48. The molecule has 190 valence electrons. The second-order valence-electron chi connectivity index (χ2n) is 7.60. The van der Waals surface area contributed by atoms with Gasteiger partial charge >= 0.3 is 0 Å². The van der Waals surface area contributed by atoms with Crippen molar-refractivity contribution in [3.05, 3.63) is 87.0 Å². The SMILES string of the molecule is CCOc1cc(/C=C2/SC(=S)N(c3ccc(F)c(Cl)c3)C2=O)ccc1OCC(=O)Nc1cccc(Cl)c1. The molecule has 0 unspecified atom stereocenters. The van der Waals surface area contributed by atoms with Crippen LogP contribution in [0.15, 0.2) is 65.6 Å². The van der Waals surface area contributed by atoms with Crippen LogP contribution in [0.2, 0.25) is 10.0 Å². The van der Waals surface area contributed by atoms with E-state index in [1.807, 2.05) is 6.92 Å². The summed E-state index contributed by atoms with van der Waals surface area (Å²) in [4.78, 5) is 27.0. The Kier molecular flexibility index (Phi) is 8.71. The lowest BCUT2D eigenvalue weighted by Crippen LogP contribution is -2.27. The highest BCUT2D eigenvalue weighted by Gasteiger charge is 2.33. The zero-order valence-corrected chi connectivity index (χ0v) is 22.4. The van der Waals surface area contributed by atoms with Crippen LogP contribution < -0.4 is 19.7 Å². The molecule has 1 heterocycles. The molecule has 0 aromatic heterocycles. The number of nitrogens with zero attached hydrogens (tertiary/aromatic N) is 1. The molecular weight excluding hydrogens is 558 g/mol. The van der Waals surface area contributed by atoms with Crippen LogP contribution in [-0.4, -0.2) is 29.3 Å². The second-order valence-corrected chi connectivity index (χ2v) is 10.1. The van der Waals surface area contributed by atoms with Crippen LogP contribution >= 0.6 is 47.2 Å². The molecule has 0 spiro atoms. The summed E-state index contributed by atoms with van der Waals surface area (Å²) < 4.78 is 25.2. The van der Waals surface area contributed by atoms with Crippen LogP contribution in [0.3, 0.4) is 0 Å². The maximum atomic E-state index is 13.6. The van der Waals surface area contributed by atoms with E-state index in [0.29, 0.717) is 49.3 Å². The molecule has 0 atom stereocenters. The Morgan fingerprint density at radius 3 is 2.65 bits per heavy atom. The summed E-state index contributed by atoms with van der Waals surface area (Å²) in [6.45, 7) is 1.94. The third-order valence-electron chi connectivity index (χ3n) is 4.99. The van der Waals surface area contributed by atoms with E-state index in [1.54, 1.807) is 48.5 Å². The minimum atomic E-state index is -0.584. The molecule has 1 fully saturated rings. The average Bonchev–Trinajstić information content (AvgIpc) is 3.13. The fraction of sp³-hybridized carbons (Fsp3) is 0.115. The predicted molar refractivity (Wildman–Crippen MR) is 150 cm³/mol. The molecule has 3 aromatic rings. The highest BCUT2D eigenvalue weighted by Crippen LogP contribution is 2.38. The molecule has 1 aliphatic rings. The van der Waals surface area contributed by atoms with Crippen molar-refractivity contribution in [3.63, 3.8) is 0 Å². The first-order chi connectivity index (χ1) is 17.7. The van der Waals surface area contributed by atoms with Crippen molar-refractivity contribution < 1.29 is 23.5 Å². The van der Waals surface area contributed by atoms with Crippen LogP contribution in [0, 0.1) is 5.82 Å². The third-order valence-corrected chi connectivity index (χ3v) is 6.81. The van der Waals surface area contributed by atoms with E-state index in [4.69, 9.17) is 44.9 Å². The van der Waals surface area contributed by atoms with E-state index in [9.17, 15) is 14.0 Å². The smallest absolute Gasteiger partial charge is 0.270 e. The van der Waals surface area contributed by atoms with Crippen LogP contribution in [0.25, 0.3) is 6.08 Å². The lowest BCUT2D eigenvalue weighted by Gasteiger charge is -2.15. The Morgan fingerprint density at radius 2 is 1.92 bits per heavy atom. The topological polar surface area (TPSA) is 67.9 Å². The minimum Gasteiger partial charge on any atom is -0.490 e. The number of thiocarbonyl (C=S) groups is 1. The van der Waals surface area contributed by atoms with Gasteiger partial charge in [0.25, 0.3) is 11.8 Å². The summed E-state index contributed by atoms with van der Waals surface area (Å²) in [7, 11) is 0. The monoisotopic (exact) mass is 576 g/mol. The molecule has 1 N–H and O–H groups in total. The maximum Gasteiger partial charge on any atom is 0.270 e. The van der Waals surface area contributed by atoms with Gasteiger partial charge in [-0.2, -0.15) is 0 Å². The van der Waals surface area contributed by atoms with Gasteiger partial charge in [-0.05, 0) is 67.1 Å².